The number of halogens is 1. The van der Waals surface area contributed by atoms with E-state index < -0.39 is 0 Å². The van der Waals surface area contributed by atoms with E-state index in [0.717, 1.165) is 29.8 Å². The largest absolute Gasteiger partial charge is 0.352 e. The number of hydrogen-bond donors (Lipinski definition) is 0. The van der Waals surface area contributed by atoms with E-state index in [1.807, 2.05) is 17.5 Å². The molecule has 3 heterocycles. The fraction of sp³-hybridized carbons (Fsp3) is 0.308. The van der Waals surface area contributed by atoms with Gasteiger partial charge in [-0.15, -0.1) is 11.3 Å². The minimum atomic E-state index is 0.993. The van der Waals surface area contributed by atoms with Gasteiger partial charge in [-0.1, -0.05) is 0 Å². The maximum atomic E-state index is 4.50. The van der Waals surface area contributed by atoms with Crippen molar-refractivity contribution in [3.63, 3.8) is 0 Å². The van der Waals surface area contributed by atoms with Crippen LogP contribution in [0.5, 0.6) is 0 Å². The van der Waals surface area contributed by atoms with Crippen molar-refractivity contribution in [3.8, 4) is 0 Å². The summed E-state index contributed by atoms with van der Waals surface area (Å²) in [7, 11) is 0. The Bertz CT molecular complexity index is 550. The number of nitrogens with zero attached hydrogens (tertiary/aromatic N) is 2. The molecule has 17 heavy (non-hydrogen) atoms. The zero-order valence-electron chi connectivity index (χ0n) is 9.61. The molecule has 0 bridgehead atoms. The summed E-state index contributed by atoms with van der Waals surface area (Å²) in [5, 5.41) is 2.19. The zero-order chi connectivity index (χ0) is 11.8. The van der Waals surface area contributed by atoms with E-state index >= 15 is 0 Å². The predicted molar refractivity (Wildman–Crippen MR) is 75.7 cm³/mol. The Labute approximate surface area is 113 Å². The first kappa shape index (κ1) is 11.2. The molecule has 1 aliphatic heterocycles. The highest BCUT2D eigenvalue weighted by Crippen LogP contribution is 2.28. The Morgan fingerprint density at radius 2 is 2.35 bits per heavy atom. The Morgan fingerprint density at radius 3 is 3.18 bits per heavy atom. The summed E-state index contributed by atoms with van der Waals surface area (Å²) >= 11 is 5.37. The molecule has 88 valence electrons. The van der Waals surface area contributed by atoms with E-state index in [9.17, 15) is 0 Å². The molecule has 0 fully saturated rings. The molecule has 0 radical (unpaired) electrons. The standard InChI is InChI=1S/C13H13BrN2S/c1-9-6-13(15-7-11(9)14)16-4-2-12-10(8-16)3-5-17-12/h3,5-7H,2,4,8H2,1H3. The molecule has 0 aliphatic carbocycles. The Balaban J connectivity index is 1.89. The number of aromatic nitrogens is 1. The normalized spacial score (nSPS) is 14.8. The van der Waals surface area contributed by atoms with Gasteiger partial charge >= 0.3 is 0 Å². The third-order valence-corrected chi connectivity index (χ3v) is 5.02. The van der Waals surface area contributed by atoms with Crippen LogP contribution in [-0.4, -0.2) is 11.5 Å². The number of pyridine rings is 1. The van der Waals surface area contributed by atoms with Gasteiger partial charge in [-0.05, 0) is 57.9 Å². The lowest BCUT2D eigenvalue weighted by Gasteiger charge is -2.28. The van der Waals surface area contributed by atoms with Gasteiger partial charge in [0, 0.05) is 28.6 Å². The van der Waals surface area contributed by atoms with Crippen molar-refractivity contribution >= 4 is 33.1 Å². The monoisotopic (exact) mass is 308 g/mol. The first-order valence-corrected chi connectivity index (χ1v) is 7.33. The molecule has 0 amide bonds. The third kappa shape index (κ3) is 2.11. The van der Waals surface area contributed by atoms with Crippen LogP contribution in [0.2, 0.25) is 0 Å². The lowest BCUT2D eigenvalue weighted by atomic mass is 10.1. The highest BCUT2D eigenvalue weighted by molar-refractivity contribution is 9.10. The molecule has 2 aromatic rings. The average molecular weight is 309 g/mol. The second kappa shape index (κ2) is 4.42. The summed E-state index contributed by atoms with van der Waals surface area (Å²) in [6.45, 7) is 4.17. The molecule has 0 aromatic carbocycles. The third-order valence-electron chi connectivity index (χ3n) is 3.16. The second-order valence-corrected chi connectivity index (χ2v) is 6.19. The lowest BCUT2D eigenvalue weighted by molar-refractivity contribution is 0.731. The topological polar surface area (TPSA) is 16.1 Å². The van der Waals surface area contributed by atoms with Crippen LogP contribution in [0.25, 0.3) is 0 Å². The van der Waals surface area contributed by atoms with Gasteiger partial charge in [0.2, 0.25) is 0 Å². The summed E-state index contributed by atoms with van der Waals surface area (Å²) in [4.78, 5) is 8.40. The number of aryl methyl sites for hydroxylation is 1. The van der Waals surface area contributed by atoms with Crippen LogP contribution < -0.4 is 4.90 Å². The van der Waals surface area contributed by atoms with Crippen LogP contribution in [-0.2, 0) is 13.0 Å². The minimum absolute atomic E-state index is 0.993. The highest BCUT2D eigenvalue weighted by atomic mass is 79.9. The van der Waals surface area contributed by atoms with Crippen LogP contribution in [0.4, 0.5) is 5.82 Å². The van der Waals surface area contributed by atoms with E-state index in [2.05, 4.69) is 50.3 Å². The summed E-state index contributed by atoms with van der Waals surface area (Å²) in [5.74, 6) is 1.09. The summed E-state index contributed by atoms with van der Waals surface area (Å²) < 4.78 is 1.08. The number of rotatable bonds is 1. The first-order chi connectivity index (χ1) is 8.24. The number of fused-ring (bicyclic) bond motifs is 1. The van der Waals surface area contributed by atoms with Crippen molar-refractivity contribution in [1.82, 2.24) is 4.98 Å². The van der Waals surface area contributed by atoms with Crippen LogP contribution in [0.1, 0.15) is 16.0 Å². The Hall–Kier alpha value is -0.870. The van der Waals surface area contributed by atoms with Crippen LogP contribution >= 0.6 is 27.3 Å². The number of anilines is 1. The van der Waals surface area contributed by atoms with Crippen molar-refractivity contribution in [3.05, 3.63) is 44.2 Å². The van der Waals surface area contributed by atoms with Gasteiger partial charge in [-0.25, -0.2) is 4.98 Å². The molecule has 0 atom stereocenters. The van der Waals surface area contributed by atoms with Crippen molar-refractivity contribution < 1.29 is 0 Å². The van der Waals surface area contributed by atoms with Crippen molar-refractivity contribution in [2.75, 3.05) is 11.4 Å². The van der Waals surface area contributed by atoms with Crippen molar-refractivity contribution in [2.24, 2.45) is 0 Å². The van der Waals surface area contributed by atoms with Crippen molar-refractivity contribution in [2.45, 2.75) is 19.9 Å². The van der Waals surface area contributed by atoms with Gasteiger partial charge in [0.25, 0.3) is 0 Å². The quantitative estimate of drug-likeness (QED) is 0.797. The van der Waals surface area contributed by atoms with E-state index in [4.69, 9.17) is 0 Å². The van der Waals surface area contributed by atoms with Gasteiger partial charge in [0.1, 0.15) is 5.82 Å². The molecule has 2 aromatic heterocycles. The molecule has 0 unspecified atom stereocenters. The number of hydrogen-bond acceptors (Lipinski definition) is 3. The molecule has 0 spiro atoms. The first-order valence-electron chi connectivity index (χ1n) is 5.66. The smallest absolute Gasteiger partial charge is 0.129 e. The molecule has 2 nitrogen and oxygen atoms in total. The van der Waals surface area contributed by atoms with E-state index in [1.54, 1.807) is 0 Å². The average Bonchev–Trinajstić information content (AvgIpc) is 2.79. The van der Waals surface area contributed by atoms with Crippen LogP contribution in [0.15, 0.2) is 28.2 Å². The Kier molecular flexibility index (Phi) is 2.92. The molecular weight excluding hydrogens is 296 g/mol. The van der Waals surface area contributed by atoms with Gasteiger partial charge in [-0.3, -0.25) is 0 Å². The SMILES string of the molecule is Cc1cc(N2CCc3sccc3C2)ncc1Br. The highest BCUT2D eigenvalue weighted by Gasteiger charge is 2.18. The van der Waals surface area contributed by atoms with Crippen LogP contribution in [0.3, 0.4) is 0 Å². The van der Waals surface area contributed by atoms with E-state index in [0.29, 0.717) is 0 Å². The van der Waals surface area contributed by atoms with Crippen molar-refractivity contribution in [1.29, 1.82) is 0 Å². The van der Waals surface area contributed by atoms with E-state index in [1.165, 1.54) is 16.0 Å². The molecular formula is C13H13BrN2S. The fourth-order valence-electron chi connectivity index (χ4n) is 2.14. The predicted octanol–water partition coefficient (Wildman–Crippen LogP) is 3.78. The van der Waals surface area contributed by atoms with Crippen LogP contribution in [0, 0.1) is 6.92 Å². The Morgan fingerprint density at radius 1 is 1.47 bits per heavy atom. The van der Waals surface area contributed by atoms with E-state index in [-0.39, 0.29) is 0 Å². The summed E-state index contributed by atoms with van der Waals surface area (Å²) in [6, 6.07) is 4.39. The molecule has 0 N–H and O–H groups in total. The molecule has 0 saturated carbocycles. The second-order valence-electron chi connectivity index (χ2n) is 4.33. The zero-order valence-corrected chi connectivity index (χ0v) is 12.0. The van der Waals surface area contributed by atoms with Gasteiger partial charge in [0.05, 0.1) is 0 Å². The molecule has 4 heteroatoms. The fourth-order valence-corrected chi connectivity index (χ4v) is 3.25. The summed E-state index contributed by atoms with van der Waals surface area (Å²) in [6.07, 6.45) is 3.04. The maximum absolute atomic E-state index is 4.50. The molecule has 1 aliphatic rings. The molecule has 0 saturated heterocycles. The van der Waals surface area contributed by atoms with Gasteiger partial charge < -0.3 is 4.90 Å². The van der Waals surface area contributed by atoms with Gasteiger partial charge in [0.15, 0.2) is 0 Å². The lowest BCUT2D eigenvalue weighted by Crippen LogP contribution is -2.30. The maximum Gasteiger partial charge on any atom is 0.129 e. The van der Waals surface area contributed by atoms with Gasteiger partial charge in [-0.2, -0.15) is 0 Å². The number of thiophene rings is 1. The molecule has 3 rings (SSSR count). The minimum Gasteiger partial charge on any atom is -0.352 e. The summed E-state index contributed by atoms with van der Waals surface area (Å²) in [5.41, 5.74) is 2.70.